The largest absolute Gasteiger partial charge is 0.463 e. The van der Waals surface area contributed by atoms with Gasteiger partial charge in [0.2, 0.25) is 0 Å². The summed E-state index contributed by atoms with van der Waals surface area (Å²) < 4.78 is 5.03. The Hall–Kier alpha value is -0.730. The monoisotopic (exact) mass is 260 g/mol. The summed E-state index contributed by atoms with van der Waals surface area (Å²) in [5, 5.41) is 1.18. The van der Waals surface area contributed by atoms with Gasteiger partial charge in [-0.25, -0.2) is 0 Å². The van der Waals surface area contributed by atoms with Gasteiger partial charge in [0.1, 0.15) is 0 Å². The molecule has 1 aromatic carbocycles. The minimum absolute atomic E-state index is 0.0758. The number of halogens is 2. The molecule has 1 aromatic rings. The van der Waals surface area contributed by atoms with Crippen molar-refractivity contribution in [2.75, 3.05) is 0 Å². The van der Waals surface area contributed by atoms with Crippen LogP contribution in [0.4, 0.5) is 0 Å². The van der Waals surface area contributed by atoms with Crippen LogP contribution < -0.4 is 0 Å². The van der Waals surface area contributed by atoms with Crippen molar-refractivity contribution in [3.05, 3.63) is 33.8 Å². The predicted octanol–water partition coefficient (Wildman–Crippen LogP) is 3.88. The van der Waals surface area contributed by atoms with Crippen molar-refractivity contribution in [3.8, 4) is 0 Å². The number of ether oxygens (including phenoxy) is 1. The van der Waals surface area contributed by atoms with Gasteiger partial charge in [0.15, 0.2) is 0 Å². The molecule has 0 saturated carbocycles. The third-order valence-electron chi connectivity index (χ3n) is 1.98. The van der Waals surface area contributed by atoms with Crippen molar-refractivity contribution in [1.82, 2.24) is 0 Å². The number of rotatable bonds is 4. The van der Waals surface area contributed by atoms with E-state index in [2.05, 4.69) is 0 Å². The Morgan fingerprint density at radius 3 is 2.62 bits per heavy atom. The molecule has 1 rings (SSSR count). The van der Waals surface area contributed by atoms with Crippen molar-refractivity contribution < 1.29 is 9.53 Å². The van der Waals surface area contributed by atoms with E-state index in [9.17, 15) is 4.79 Å². The average molecular weight is 261 g/mol. The molecule has 2 nitrogen and oxygen atoms in total. The molecule has 0 spiro atoms. The molecular weight excluding hydrogens is 247 g/mol. The van der Waals surface area contributed by atoms with E-state index >= 15 is 0 Å². The zero-order valence-electron chi connectivity index (χ0n) is 9.30. The first-order valence-corrected chi connectivity index (χ1v) is 5.88. The smallest absolute Gasteiger partial charge is 0.306 e. The van der Waals surface area contributed by atoms with Crippen LogP contribution in [0.3, 0.4) is 0 Å². The minimum atomic E-state index is -0.207. The molecule has 0 heterocycles. The van der Waals surface area contributed by atoms with Crippen LogP contribution >= 0.6 is 23.2 Å². The first kappa shape index (κ1) is 13.3. The molecule has 4 heteroatoms. The highest BCUT2D eigenvalue weighted by atomic mass is 35.5. The topological polar surface area (TPSA) is 26.3 Å². The maximum atomic E-state index is 11.3. The predicted molar refractivity (Wildman–Crippen MR) is 66.0 cm³/mol. The molecule has 0 bridgehead atoms. The maximum absolute atomic E-state index is 11.3. The summed E-state index contributed by atoms with van der Waals surface area (Å²) >= 11 is 11.8. The first-order chi connectivity index (χ1) is 7.49. The van der Waals surface area contributed by atoms with Crippen molar-refractivity contribution in [2.24, 2.45) is 0 Å². The van der Waals surface area contributed by atoms with Crippen LogP contribution in [0.2, 0.25) is 10.0 Å². The molecule has 0 aromatic heterocycles. The number of esters is 1. The highest BCUT2D eigenvalue weighted by Gasteiger charge is 2.08. The summed E-state index contributed by atoms with van der Waals surface area (Å²) in [4.78, 5) is 11.3. The van der Waals surface area contributed by atoms with Crippen LogP contribution in [0.25, 0.3) is 0 Å². The fourth-order valence-electron chi connectivity index (χ4n) is 1.28. The second kappa shape index (κ2) is 6.12. The molecule has 0 amide bonds. The van der Waals surface area contributed by atoms with E-state index in [1.165, 1.54) is 0 Å². The Morgan fingerprint density at radius 1 is 1.38 bits per heavy atom. The molecule has 0 radical (unpaired) electrons. The molecular formula is C12H14Cl2O2. The van der Waals surface area contributed by atoms with Crippen LogP contribution in [-0.4, -0.2) is 12.1 Å². The van der Waals surface area contributed by atoms with Gasteiger partial charge < -0.3 is 4.74 Å². The summed E-state index contributed by atoms with van der Waals surface area (Å²) in [7, 11) is 0. The van der Waals surface area contributed by atoms with Crippen molar-refractivity contribution in [2.45, 2.75) is 32.8 Å². The normalized spacial score (nSPS) is 10.6. The van der Waals surface area contributed by atoms with Crippen molar-refractivity contribution in [1.29, 1.82) is 0 Å². The number of hydrogen-bond donors (Lipinski definition) is 0. The number of carbonyl (C=O) groups is 1. The summed E-state index contributed by atoms with van der Waals surface area (Å²) in [6.07, 6.45) is 0.828. The van der Waals surface area contributed by atoms with E-state index in [0.29, 0.717) is 22.9 Å². The standard InChI is InChI=1S/C12H14Cl2O2/c1-8(2)16-12(15)6-4-9-3-5-10(13)7-11(9)14/h3,5,7-8H,4,6H2,1-2H3. The Labute approximate surface area is 106 Å². The Bertz CT molecular complexity index is 375. The number of carbonyl (C=O) groups excluding carboxylic acids is 1. The van der Waals surface area contributed by atoms with Crippen LogP contribution in [0.5, 0.6) is 0 Å². The SMILES string of the molecule is CC(C)OC(=O)CCc1ccc(Cl)cc1Cl. The summed E-state index contributed by atoms with van der Waals surface area (Å²) in [5.74, 6) is -0.207. The Kier molecular flexibility index (Phi) is 5.10. The zero-order chi connectivity index (χ0) is 12.1. The van der Waals surface area contributed by atoms with E-state index in [1.54, 1.807) is 12.1 Å². The zero-order valence-corrected chi connectivity index (χ0v) is 10.8. The molecule has 0 aliphatic carbocycles. The minimum Gasteiger partial charge on any atom is -0.463 e. The fourth-order valence-corrected chi connectivity index (χ4v) is 1.79. The van der Waals surface area contributed by atoms with Gasteiger partial charge in [0.25, 0.3) is 0 Å². The van der Waals surface area contributed by atoms with Gasteiger partial charge in [0, 0.05) is 16.5 Å². The molecule has 0 atom stereocenters. The van der Waals surface area contributed by atoms with Crippen molar-refractivity contribution >= 4 is 29.2 Å². The van der Waals surface area contributed by atoms with Gasteiger partial charge in [-0.05, 0) is 38.0 Å². The van der Waals surface area contributed by atoms with Gasteiger partial charge in [-0.2, -0.15) is 0 Å². The van der Waals surface area contributed by atoms with E-state index < -0.39 is 0 Å². The number of hydrogen-bond acceptors (Lipinski definition) is 2. The second-order valence-electron chi connectivity index (χ2n) is 3.77. The summed E-state index contributed by atoms with van der Waals surface area (Å²) in [6.45, 7) is 3.65. The quantitative estimate of drug-likeness (QED) is 0.769. The van der Waals surface area contributed by atoms with Crippen LogP contribution in [0, 0.1) is 0 Å². The molecule has 0 unspecified atom stereocenters. The van der Waals surface area contributed by atoms with Gasteiger partial charge in [-0.15, -0.1) is 0 Å². The van der Waals surface area contributed by atoms with E-state index in [4.69, 9.17) is 27.9 Å². The molecule has 0 N–H and O–H groups in total. The van der Waals surface area contributed by atoms with Crippen LogP contribution in [0.15, 0.2) is 18.2 Å². The highest BCUT2D eigenvalue weighted by molar-refractivity contribution is 6.35. The lowest BCUT2D eigenvalue weighted by Crippen LogP contribution is -2.11. The molecule has 88 valence electrons. The maximum Gasteiger partial charge on any atom is 0.306 e. The van der Waals surface area contributed by atoms with Crippen LogP contribution in [-0.2, 0) is 16.0 Å². The second-order valence-corrected chi connectivity index (χ2v) is 4.62. The van der Waals surface area contributed by atoms with Crippen molar-refractivity contribution in [3.63, 3.8) is 0 Å². The number of benzene rings is 1. The van der Waals surface area contributed by atoms with Gasteiger partial charge in [-0.1, -0.05) is 29.3 Å². The molecule has 16 heavy (non-hydrogen) atoms. The molecule has 0 fully saturated rings. The Balaban J connectivity index is 2.51. The fraction of sp³-hybridized carbons (Fsp3) is 0.417. The molecule has 0 aliphatic rings. The molecule has 0 saturated heterocycles. The van der Waals surface area contributed by atoms with E-state index in [0.717, 1.165) is 5.56 Å². The Morgan fingerprint density at radius 2 is 2.06 bits per heavy atom. The summed E-state index contributed by atoms with van der Waals surface area (Å²) in [6, 6.07) is 5.26. The van der Waals surface area contributed by atoms with Gasteiger partial charge in [-0.3, -0.25) is 4.79 Å². The molecule has 0 aliphatic heterocycles. The number of aryl methyl sites for hydroxylation is 1. The third kappa shape index (κ3) is 4.42. The van der Waals surface area contributed by atoms with E-state index in [-0.39, 0.29) is 12.1 Å². The lowest BCUT2D eigenvalue weighted by Gasteiger charge is -2.08. The van der Waals surface area contributed by atoms with E-state index in [1.807, 2.05) is 19.9 Å². The third-order valence-corrected chi connectivity index (χ3v) is 2.57. The lowest BCUT2D eigenvalue weighted by molar-refractivity contribution is -0.147. The van der Waals surface area contributed by atoms with Gasteiger partial charge in [0.05, 0.1) is 6.10 Å². The average Bonchev–Trinajstić information content (AvgIpc) is 2.15. The first-order valence-electron chi connectivity index (χ1n) is 5.12. The summed E-state index contributed by atoms with van der Waals surface area (Å²) in [5.41, 5.74) is 0.909. The van der Waals surface area contributed by atoms with Crippen LogP contribution in [0.1, 0.15) is 25.8 Å². The lowest BCUT2D eigenvalue weighted by atomic mass is 10.1. The highest BCUT2D eigenvalue weighted by Crippen LogP contribution is 2.22. The van der Waals surface area contributed by atoms with Gasteiger partial charge >= 0.3 is 5.97 Å².